The van der Waals surface area contributed by atoms with Crippen LogP contribution >= 0.6 is 0 Å². The van der Waals surface area contributed by atoms with Crippen molar-refractivity contribution in [3.8, 4) is 0 Å². The van der Waals surface area contributed by atoms with Crippen LogP contribution in [0.15, 0.2) is 24.3 Å². The number of hydrogen-bond donors (Lipinski definition) is 1. The molecule has 0 saturated heterocycles. The summed E-state index contributed by atoms with van der Waals surface area (Å²) in [4.78, 5) is 23.9. The molecule has 0 radical (unpaired) electrons. The SMILES string of the molecule is CCN(CC(=O)O)C(=O)c1ccc(COC)cc1. The number of methoxy groups -OCH3 is 1. The number of carboxylic acid groups (broad SMARTS) is 1. The number of ether oxygens (including phenoxy) is 1. The molecule has 0 bridgehead atoms. The van der Waals surface area contributed by atoms with Gasteiger partial charge in [-0.25, -0.2) is 0 Å². The van der Waals surface area contributed by atoms with Crippen molar-refractivity contribution in [3.63, 3.8) is 0 Å². The summed E-state index contributed by atoms with van der Waals surface area (Å²) in [5.41, 5.74) is 1.45. The Morgan fingerprint density at radius 2 is 1.89 bits per heavy atom. The third kappa shape index (κ3) is 3.85. The minimum absolute atomic E-state index is 0.274. The van der Waals surface area contributed by atoms with E-state index in [9.17, 15) is 9.59 Å². The maximum absolute atomic E-state index is 12.0. The number of nitrogens with zero attached hydrogens (tertiary/aromatic N) is 1. The summed E-state index contributed by atoms with van der Waals surface area (Å²) in [5, 5.41) is 8.71. The summed E-state index contributed by atoms with van der Waals surface area (Å²) in [6.07, 6.45) is 0. The molecule has 5 nitrogen and oxygen atoms in total. The van der Waals surface area contributed by atoms with Gasteiger partial charge in [-0.05, 0) is 24.6 Å². The van der Waals surface area contributed by atoms with Gasteiger partial charge in [0.1, 0.15) is 6.54 Å². The molecule has 1 amide bonds. The molecule has 98 valence electrons. The zero-order valence-corrected chi connectivity index (χ0v) is 10.5. The van der Waals surface area contributed by atoms with Crippen molar-refractivity contribution in [1.82, 2.24) is 4.90 Å². The first-order valence-electron chi connectivity index (χ1n) is 5.67. The van der Waals surface area contributed by atoms with E-state index in [2.05, 4.69) is 0 Å². The molecule has 0 unspecified atom stereocenters. The van der Waals surface area contributed by atoms with Crippen LogP contribution in [0.5, 0.6) is 0 Å². The number of benzene rings is 1. The molecule has 0 aliphatic heterocycles. The summed E-state index contributed by atoms with van der Waals surface area (Å²) in [6.45, 7) is 2.32. The average Bonchev–Trinajstić information content (AvgIpc) is 2.36. The highest BCUT2D eigenvalue weighted by molar-refractivity contribution is 5.95. The summed E-state index contributed by atoms with van der Waals surface area (Å²) in [6, 6.07) is 6.96. The molecule has 1 aromatic rings. The van der Waals surface area contributed by atoms with Gasteiger partial charge in [-0.15, -0.1) is 0 Å². The van der Waals surface area contributed by atoms with Gasteiger partial charge in [0.25, 0.3) is 5.91 Å². The van der Waals surface area contributed by atoms with E-state index in [1.165, 1.54) is 4.90 Å². The minimum Gasteiger partial charge on any atom is -0.480 e. The fourth-order valence-corrected chi connectivity index (χ4v) is 1.58. The van der Waals surface area contributed by atoms with Gasteiger partial charge in [0.2, 0.25) is 0 Å². The number of rotatable bonds is 6. The minimum atomic E-state index is -1.01. The number of likely N-dealkylation sites (N-methyl/N-ethyl adjacent to an activating group) is 1. The Labute approximate surface area is 106 Å². The standard InChI is InChI=1S/C13H17NO4/c1-3-14(8-12(15)16)13(17)11-6-4-10(5-7-11)9-18-2/h4-7H,3,8-9H2,1-2H3,(H,15,16). The van der Waals surface area contributed by atoms with Crippen LogP contribution in [0.2, 0.25) is 0 Å². The molecule has 18 heavy (non-hydrogen) atoms. The van der Waals surface area contributed by atoms with E-state index in [1.54, 1.807) is 38.3 Å². The second-order valence-electron chi connectivity index (χ2n) is 3.84. The molecule has 5 heteroatoms. The smallest absolute Gasteiger partial charge is 0.323 e. The van der Waals surface area contributed by atoms with Crippen molar-refractivity contribution in [2.24, 2.45) is 0 Å². The monoisotopic (exact) mass is 251 g/mol. The molecule has 0 fully saturated rings. The Morgan fingerprint density at radius 3 is 2.33 bits per heavy atom. The first-order valence-corrected chi connectivity index (χ1v) is 5.67. The molecule has 1 aromatic carbocycles. The van der Waals surface area contributed by atoms with Crippen molar-refractivity contribution < 1.29 is 19.4 Å². The maximum Gasteiger partial charge on any atom is 0.323 e. The van der Waals surface area contributed by atoms with Gasteiger partial charge < -0.3 is 14.7 Å². The van der Waals surface area contributed by atoms with Gasteiger partial charge in [0.15, 0.2) is 0 Å². The normalized spacial score (nSPS) is 10.1. The Hall–Kier alpha value is -1.88. The van der Waals surface area contributed by atoms with Crippen molar-refractivity contribution in [1.29, 1.82) is 0 Å². The topological polar surface area (TPSA) is 66.8 Å². The molecule has 0 atom stereocenters. The van der Waals surface area contributed by atoms with Gasteiger partial charge in [0, 0.05) is 19.2 Å². The van der Waals surface area contributed by atoms with Crippen LogP contribution in [0.1, 0.15) is 22.8 Å². The van der Waals surface area contributed by atoms with Crippen LogP contribution in [0.3, 0.4) is 0 Å². The lowest BCUT2D eigenvalue weighted by atomic mass is 10.1. The molecular formula is C13H17NO4. The van der Waals surface area contributed by atoms with Crippen LogP contribution in [0.4, 0.5) is 0 Å². The first-order chi connectivity index (χ1) is 8.58. The van der Waals surface area contributed by atoms with E-state index in [-0.39, 0.29) is 12.5 Å². The quantitative estimate of drug-likeness (QED) is 0.829. The molecule has 1 rings (SSSR count). The Morgan fingerprint density at radius 1 is 1.28 bits per heavy atom. The largest absolute Gasteiger partial charge is 0.480 e. The van der Waals surface area contributed by atoms with Crippen LogP contribution in [-0.4, -0.2) is 42.1 Å². The maximum atomic E-state index is 12.0. The number of aliphatic carboxylic acids is 1. The molecular weight excluding hydrogens is 234 g/mol. The lowest BCUT2D eigenvalue weighted by molar-refractivity contribution is -0.137. The van der Waals surface area contributed by atoms with Crippen LogP contribution in [0, 0.1) is 0 Å². The predicted octanol–water partition coefficient (Wildman–Crippen LogP) is 1.38. The van der Waals surface area contributed by atoms with Gasteiger partial charge in [-0.3, -0.25) is 9.59 Å². The van der Waals surface area contributed by atoms with Gasteiger partial charge in [0.05, 0.1) is 6.61 Å². The number of amides is 1. The molecule has 0 heterocycles. The lowest BCUT2D eigenvalue weighted by Gasteiger charge is -2.18. The third-order valence-corrected chi connectivity index (χ3v) is 2.51. The Kier molecular flexibility index (Phi) is 5.32. The van der Waals surface area contributed by atoms with Crippen molar-refractivity contribution in [3.05, 3.63) is 35.4 Å². The Bertz CT molecular complexity index is 414. The number of carbonyl (C=O) groups excluding carboxylic acids is 1. The van der Waals surface area contributed by atoms with Gasteiger partial charge >= 0.3 is 5.97 Å². The van der Waals surface area contributed by atoms with E-state index in [1.807, 2.05) is 0 Å². The summed E-state index contributed by atoms with van der Waals surface area (Å²) < 4.78 is 4.98. The molecule has 0 aliphatic carbocycles. The summed E-state index contributed by atoms with van der Waals surface area (Å²) in [7, 11) is 1.60. The fraction of sp³-hybridized carbons (Fsp3) is 0.385. The highest BCUT2D eigenvalue weighted by Crippen LogP contribution is 2.08. The van der Waals surface area contributed by atoms with Crippen molar-refractivity contribution in [2.45, 2.75) is 13.5 Å². The van der Waals surface area contributed by atoms with E-state index < -0.39 is 5.97 Å². The highest BCUT2D eigenvalue weighted by Gasteiger charge is 2.16. The van der Waals surface area contributed by atoms with E-state index >= 15 is 0 Å². The van der Waals surface area contributed by atoms with E-state index in [0.717, 1.165) is 5.56 Å². The second-order valence-corrected chi connectivity index (χ2v) is 3.84. The van der Waals surface area contributed by atoms with Gasteiger partial charge in [-0.1, -0.05) is 12.1 Å². The summed E-state index contributed by atoms with van der Waals surface area (Å²) >= 11 is 0. The molecule has 0 spiro atoms. The zero-order chi connectivity index (χ0) is 13.5. The summed E-state index contributed by atoms with van der Waals surface area (Å²) in [5.74, 6) is -1.29. The third-order valence-electron chi connectivity index (χ3n) is 2.51. The second kappa shape index (κ2) is 6.76. The predicted molar refractivity (Wildman–Crippen MR) is 66.4 cm³/mol. The zero-order valence-electron chi connectivity index (χ0n) is 10.5. The van der Waals surface area contributed by atoms with E-state index in [4.69, 9.17) is 9.84 Å². The molecule has 0 saturated carbocycles. The number of hydrogen-bond acceptors (Lipinski definition) is 3. The molecule has 1 N–H and O–H groups in total. The molecule has 0 aromatic heterocycles. The van der Waals surface area contributed by atoms with Gasteiger partial charge in [-0.2, -0.15) is 0 Å². The highest BCUT2D eigenvalue weighted by atomic mass is 16.5. The van der Waals surface area contributed by atoms with Crippen LogP contribution < -0.4 is 0 Å². The van der Waals surface area contributed by atoms with Crippen molar-refractivity contribution in [2.75, 3.05) is 20.2 Å². The Balaban J connectivity index is 2.78. The number of carboxylic acids is 1. The van der Waals surface area contributed by atoms with Crippen LogP contribution in [-0.2, 0) is 16.1 Å². The number of carbonyl (C=O) groups is 2. The fourth-order valence-electron chi connectivity index (χ4n) is 1.58. The van der Waals surface area contributed by atoms with Crippen molar-refractivity contribution >= 4 is 11.9 Å². The van der Waals surface area contributed by atoms with E-state index in [0.29, 0.717) is 18.7 Å². The molecule has 0 aliphatic rings. The average molecular weight is 251 g/mol. The van der Waals surface area contributed by atoms with Crippen LogP contribution in [0.25, 0.3) is 0 Å². The first kappa shape index (κ1) is 14.2. The lowest BCUT2D eigenvalue weighted by Crippen LogP contribution is -2.35.